The van der Waals surface area contributed by atoms with E-state index in [-0.39, 0.29) is 0 Å². The Bertz CT molecular complexity index is 318. The summed E-state index contributed by atoms with van der Waals surface area (Å²) in [5, 5.41) is 4.03. The van der Waals surface area contributed by atoms with E-state index in [1.165, 1.54) is 0 Å². The van der Waals surface area contributed by atoms with E-state index in [0.717, 1.165) is 42.5 Å². The van der Waals surface area contributed by atoms with Gasteiger partial charge in [0.05, 0.1) is 13.7 Å². The van der Waals surface area contributed by atoms with E-state index in [2.05, 4.69) is 5.32 Å². The number of rotatable bonds is 7. The minimum absolute atomic E-state index is 0.722. The van der Waals surface area contributed by atoms with Crippen LogP contribution < -0.4 is 10.1 Å². The van der Waals surface area contributed by atoms with Crippen LogP contribution in [0.1, 0.15) is 5.56 Å². The molecule has 0 unspecified atom stereocenters. The molecule has 0 fully saturated rings. The normalized spacial score (nSPS) is 10.4. The molecule has 0 saturated carbocycles. The molecule has 0 spiro atoms. The summed E-state index contributed by atoms with van der Waals surface area (Å²) < 4.78 is 10.2. The van der Waals surface area contributed by atoms with Gasteiger partial charge in [0.1, 0.15) is 5.75 Å². The molecule has 0 aliphatic rings. The summed E-state index contributed by atoms with van der Waals surface area (Å²) in [7, 11) is 3.35. The van der Waals surface area contributed by atoms with Crippen LogP contribution in [0.15, 0.2) is 18.2 Å². The number of nitrogens with one attached hydrogen (secondary N) is 1. The van der Waals surface area contributed by atoms with Crippen molar-refractivity contribution in [3.63, 3.8) is 0 Å². The summed E-state index contributed by atoms with van der Waals surface area (Å²) in [4.78, 5) is 0. The largest absolute Gasteiger partial charge is 0.496 e. The van der Waals surface area contributed by atoms with E-state index in [1.54, 1.807) is 14.2 Å². The Kier molecular flexibility index (Phi) is 6.23. The van der Waals surface area contributed by atoms with Crippen LogP contribution in [-0.2, 0) is 11.2 Å². The van der Waals surface area contributed by atoms with Crippen molar-refractivity contribution in [3.8, 4) is 5.75 Å². The number of halogens is 1. The molecule has 1 aromatic carbocycles. The lowest BCUT2D eigenvalue weighted by Crippen LogP contribution is -2.21. The molecule has 1 N–H and O–H groups in total. The summed E-state index contributed by atoms with van der Waals surface area (Å²) in [6.07, 6.45) is 0.854. The van der Waals surface area contributed by atoms with Gasteiger partial charge in [-0.25, -0.2) is 0 Å². The molecule has 0 amide bonds. The van der Waals surface area contributed by atoms with Gasteiger partial charge in [0.25, 0.3) is 0 Å². The monoisotopic (exact) mass is 243 g/mol. The number of ether oxygens (including phenoxy) is 2. The molecule has 1 aromatic rings. The molecule has 4 heteroatoms. The van der Waals surface area contributed by atoms with Crippen LogP contribution in [-0.4, -0.2) is 33.9 Å². The third-order valence-electron chi connectivity index (χ3n) is 2.33. The summed E-state index contributed by atoms with van der Waals surface area (Å²) in [6.45, 7) is 2.44. The molecule has 3 nitrogen and oxygen atoms in total. The average molecular weight is 244 g/mol. The fourth-order valence-electron chi connectivity index (χ4n) is 1.49. The first-order chi connectivity index (χ1) is 7.79. The predicted molar refractivity (Wildman–Crippen MR) is 66.5 cm³/mol. The molecule has 0 bridgehead atoms. The van der Waals surface area contributed by atoms with Crippen molar-refractivity contribution in [1.29, 1.82) is 0 Å². The van der Waals surface area contributed by atoms with Crippen molar-refractivity contribution in [3.05, 3.63) is 28.8 Å². The van der Waals surface area contributed by atoms with Gasteiger partial charge >= 0.3 is 0 Å². The minimum atomic E-state index is 0.722. The standard InChI is InChI=1S/C12H18ClNO2/c1-15-9-8-14-7-6-10-11(13)4-3-5-12(10)16-2/h3-5,14H,6-9H2,1-2H3. The molecule has 0 heterocycles. The first-order valence-electron chi connectivity index (χ1n) is 5.30. The Labute approximate surface area is 102 Å². The highest BCUT2D eigenvalue weighted by atomic mass is 35.5. The smallest absolute Gasteiger partial charge is 0.123 e. The lowest BCUT2D eigenvalue weighted by Gasteiger charge is -2.10. The Hall–Kier alpha value is -0.770. The van der Waals surface area contributed by atoms with Crippen molar-refractivity contribution in [1.82, 2.24) is 5.32 Å². The van der Waals surface area contributed by atoms with Gasteiger partial charge in [-0.15, -0.1) is 0 Å². The molecule has 0 atom stereocenters. The maximum atomic E-state index is 6.12. The average Bonchev–Trinajstić information content (AvgIpc) is 2.30. The molecule has 1 rings (SSSR count). The van der Waals surface area contributed by atoms with Crippen LogP contribution >= 0.6 is 11.6 Å². The third kappa shape index (κ3) is 4.00. The van der Waals surface area contributed by atoms with Gasteiger partial charge in [-0.3, -0.25) is 0 Å². The SMILES string of the molecule is COCCNCCc1c(Cl)cccc1OC. The molecular weight excluding hydrogens is 226 g/mol. The van der Waals surface area contributed by atoms with Gasteiger partial charge in [-0.05, 0) is 25.1 Å². The van der Waals surface area contributed by atoms with Gasteiger partial charge in [-0.1, -0.05) is 17.7 Å². The van der Waals surface area contributed by atoms with E-state index >= 15 is 0 Å². The van der Waals surface area contributed by atoms with Gasteiger partial charge < -0.3 is 14.8 Å². The highest BCUT2D eigenvalue weighted by molar-refractivity contribution is 6.31. The van der Waals surface area contributed by atoms with E-state index in [4.69, 9.17) is 21.1 Å². The van der Waals surface area contributed by atoms with Gasteiger partial charge in [0.2, 0.25) is 0 Å². The van der Waals surface area contributed by atoms with E-state index < -0.39 is 0 Å². The van der Waals surface area contributed by atoms with Crippen molar-refractivity contribution >= 4 is 11.6 Å². The second-order valence-corrected chi connectivity index (χ2v) is 3.82. The first kappa shape index (κ1) is 13.3. The van der Waals surface area contributed by atoms with Crippen LogP contribution in [0.2, 0.25) is 5.02 Å². The fraction of sp³-hybridized carbons (Fsp3) is 0.500. The van der Waals surface area contributed by atoms with E-state index in [0.29, 0.717) is 0 Å². The second-order valence-electron chi connectivity index (χ2n) is 3.41. The van der Waals surface area contributed by atoms with Crippen LogP contribution in [0.3, 0.4) is 0 Å². The topological polar surface area (TPSA) is 30.5 Å². The number of hydrogen-bond donors (Lipinski definition) is 1. The summed E-state index contributed by atoms with van der Waals surface area (Å²) >= 11 is 6.12. The molecular formula is C12H18ClNO2. The molecule has 16 heavy (non-hydrogen) atoms. The molecule has 0 saturated heterocycles. The van der Waals surface area contributed by atoms with E-state index in [9.17, 15) is 0 Å². The maximum absolute atomic E-state index is 6.12. The number of hydrogen-bond acceptors (Lipinski definition) is 3. The molecule has 0 aliphatic heterocycles. The molecule has 0 aromatic heterocycles. The first-order valence-corrected chi connectivity index (χ1v) is 5.68. The Morgan fingerprint density at radius 3 is 2.75 bits per heavy atom. The highest BCUT2D eigenvalue weighted by Gasteiger charge is 2.06. The van der Waals surface area contributed by atoms with Crippen molar-refractivity contribution in [2.75, 3.05) is 33.9 Å². The number of methoxy groups -OCH3 is 2. The summed E-state index contributed by atoms with van der Waals surface area (Å²) in [5.74, 6) is 0.848. The third-order valence-corrected chi connectivity index (χ3v) is 2.68. The van der Waals surface area contributed by atoms with Gasteiger partial charge in [0, 0.05) is 24.2 Å². The lowest BCUT2D eigenvalue weighted by molar-refractivity contribution is 0.199. The van der Waals surface area contributed by atoms with Crippen molar-refractivity contribution in [2.45, 2.75) is 6.42 Å². The van der Waals surface area contributed by atoms with Crippen molar-refractivity contribution < 1.29 is 9.47 Å². The Balaban J connectivity index is 2.46. The summed E-state index contributed by atoms with van der Waals surface area (Å²) in [5.41, 5.74) is 1.05. The van der Waals surface area contributed by atoms with Gasteiger partial charge in [-0.2, -0.15) is 0 Å². The van der Waals surface area contributed by atoms with E-state index in [1.807, 2.05) is 18.2 Å². The summed E-state index contributed by atoms with van der Waals surface area (Å²) in [6, 6.07) is 5.70. The lowest BCUT2D eigenvalue weighted by atomic mass is 10.1. The van der Waals surface area contributed by atoms with Crippen molar-refractivity contribution in [2.24, 2.45) is 0 Å². The molecule has 90 valence electrons. The van der Waals surface area contributed by atoms with Crippen LogP contribution in [0.4, 0.5) is 0 Å². The van der Waals surface area contributed by atoms with Crippen LogP contribution in [0.5, 0.6) is 5.75 Å². The molecule has 0 radical (unpaired) electrons. The minimum Gasteiger partial charge on any atom is -0.496 e. The van der Waals surface area contributed by atoms with Gasteiger partial charge in [0.15, 0.2) is 0 Å². The van der Waals surface area contributed by atoms with Crippen LogP contribution in [0, 0.1) is 0 Å². The quantitative estimate of drug-likeness (QED) is 0.745. The molecule has 0 aliphatic carbocycles. The number of benzene rings is 1. The Morgan fingerprint density at radius 1 is 1.25 bits per heavy atom. The fourth-order valence-corrected chi connectivity index (χ4v) is 1.75. The Morgan fingerprint density at radius 2 is 2.06 bits per heavy atom. The van der Waals surface area contributed by atoms with Crippen LogP contribution in [0.25, 0.3) is 0 Å². The highest BCUT2D eigenvalue weighted by Crippen LogP contribution is 2.26. The predicted octanol–water partition coefficient (Wildman–Crippen LogP) is 2.13. The maximum Gasteiger partial charge on any atom is 0.123 e. The second kappa shape index (κ2) is 7.49. The zero-order valence-corrected chi connectivity index (χ0v) is 10.5. The zero-order valence-electron chi connectivity index (χ0n) is 9.75. The zero-order chi connectivity index (χ0) is 11.8.